The summed E-state index contributed by atoms with van der Waals surface area (Å²) >= 11 is 0. The van der Waals surface area contributed by atoms with Gasteiger partial charge in [0.15, 0.2) is 5.69 Å². The van der Waals surface area contributed by atoms with Crippen LogP contribution in [0.2, 0.25) is 0 Å². The molecule has 0 saturated heterocycles. The third-order valence-electron chi connectivity index (χ3n) is 4.10. The lowest BCUT2D eigenvalue weighted by molar-refractivity contribution is 0.0912. The fourth-order valence-electron chi connectivity index (χ4n) is 2.82. The summed E-state index contributed by atoms with van der Waals surface area (Å²) in [6.45, 7) is 1.08. The molecule has 1 aromatic heterocycles. The number of benzene rings is 1. The Morgan fingerprint density at radius 2 is 2.14 bits per heavy atom. The summed E-state index contributed by atoms with van der Waals surface area (Å²) in [6.07, 6.45) is 4.16. The number of aromatic nitrogens is 3. The predicted octanol–water partition coefficient (Wildman–Crippen LogP) is 1.22. The second-order valence-electron chi connectivity index (χ2n) is 5.76. The van der Waals surface area contributed by atoms with Gasteiger partial charge in [0, 0.05) is 12.5 Å². The smallest absolute Gasteiger partial charge is 0.273 e. The first kappa shape index (κ1) is 14.7. The van der Waals surface area contributed by atoms with Crippen LogP contribution in [0.3, 0.4) is 0 Å². The Morgan fingerprint density at radius 3 is 2.86 bits per heavy atom. The van der Waals surface area contributed by atoms with Crippen molar-refractivity contribution in [2.75, 3.05) is 6.54 Å². The maximum Gasteiger partial charge on any atom is 0.273 e. The number of rotatable bonds is 5. The number of nitrogens with zero attached hydrogens (tertiary/aromatic N) is 3. The van der Waals surface area contributed by atoms with Crippen molar-refractivity contribution in [2.45, 2.75) is 31.9 Å². The van der Waals surface area contributed by atoms with Gasteiger partial charge in [0.2, 0.25) is 0 Å². The number of aliphatic hydroxyl groups is 1. The molecule has 1 fully saturated rings. The molecule has 1 aliphatic rings. The first-order chi connectivity index (χ1) is 10.7. The van der Waals surface area contributed by atoms with E-state index in [2.05, 4.69) is 15.6 Å². The van der Waals surface area contributed by atoms with Crippen molar-refractivity contribution in [3.63, 3.8) is 0 Å². The Hall–Kier alpha value is -2.21. The Morgan fingerprint density at radius 1 is 1.32 bits per heavy atom. The third kappa shape index (κ3) is 3.51. The molecule has 1 heterocycles. The monoisotopic (exact) mass is 300 g/mol. The van der Waals surface area contributed by atoms with E-state index in [0.717, 1.165) is 24.8 Å². The first-order valence-corrected chi connectivity index (χ1v) is 7.62. The summed E-state index contributed by atoms with van der Waals surface area (Å²) in [6, 6.07) is 9.90. The topological polar surface area (TPSA) is 80.0 Å². The van der Waals surface area contributed by atoms with Gasteiger partial charge in [-0.1, -0.05) is 42.0 Å². The van der Waals surface area contributed by atoms with Gasteiger partial charge in [-0.25, -0.2) is 4.68 Å². The summed E-state index contributed by atoms with van der Waals surface area (Å²) in [5, 5.41) is 20.5. The summed E-state index contributed by atoms with van der Waals surface area (Å²) < 4.78 is 1.65. The van der Waals surface area contributed by atoms with Crippen LogP contribution >= 0.6 is 0 Å². The van der Waals surface area contributed by atoms with E-state index in [1.54, 1.807) is 10.9 Å². The van der Waals surface area contributed by atoms with Gasteiger partial charge < -0.3 is 10.4 Å². The van der Waals surface area contributed by atoms with Gasteiger partial charge in [0.05, 0.1) is 18.8 Å². The number of hydrogen-bond donors (Lipinski definition) is 2. The van der Waals surface area contributed by atoms with Crippen molar-refractivity contribution in [3.8, 4) is 0 Å². The molecule has 6 nitrogen and oxygen atoms in total. The van der Waals surface area contributed by atoms with E-state index in [1.165, 1.54) is 0 Å². The fraction of sp³-hybridized carbons (Fsp3) is 0.438. The van der Waals surface area contributed by atoms with Crippen LogP contribution in [0.4, 0.5) is 0 Å². The minimum atomic E-state index is -0.297. The van der Waals surface area contributed by atoms with Crippen LogP contribution in [0.1, 0.15) is 35.3 Å². The van der Waals surface area contributed by atoms with E-state index in [-0.39, 0.29) is 17.9 Å². The molecule has 0 spiro atoms. The molecular weight excluding hydrogens is 280 g/mol. The molecule has 1 aromatic carbocycles. The van der Waals surface area contributed by atoms with E-state index < -0.39 is 0 Å². The lowest BCUT2D eigenvalue weighted by Gasteiger charge is -2.14. The Labute approximate surface area is 129 Å². The van der Waals surface area contributed by atoms with E-state index >= 15 is 0 Å². The molecule has 3 rings (SSSR count). The maximum atomic E-state index is 12.1. The fourth-order valence-corrected chi connectivity index (χ4v) is 2.82. The minimum absolute atomic E-state index is 0.156. The molecule has 1 amide bonds. The molecule has 0 aliphatic heterocycles. The highest BCUT2D eigenvalue weighted by molar-refractivity contribution is 5.91. The van der Waals surface area contributed by atoms with Gasteiger partial charge in [-0.15, -0.1) is 5.10 Å². The number of nitrogens with one attached hydrogen (secondary N) is 1. The molecule has 116 valence electrons. The van der Waals surface area contributed by atoms with Crippen LogP contribution in [0.15, 0.2) is 36.5 Å². The standard InChI is InChI=1S/C16H20N4O2/c21-15-8-4-7-13(15)9-17-16(22)14-11-20(19-18-14)10-12-5-2-1-3-6-12/h1-3,5-6,11,13,15,21H,4,7-10H2,(H,17,22)/t13-,15-/m1/s1. The molecular formula is C16H20N4O2. The normalized spacial score (nSPS) is 21.0. The highest BCUT2D eigenvalue weighted by Gasteiger charge is 2.25. The lowest BCUT2D eigenvalue weighted by atomic mass is 10.1. The van der Waals surface area contributed by atoms with Gasteiger partial charge in [0.1, 0.15) is 0 Å². The lowest BCUT2D eigenvalue weighted by Crippen LogP contribution is -2.32. The number of carbonyl (C=O) groups is 1. The maximum absolute atomic E-state index is 12.1. The zero-order valence-electron chi connectivity index (χ0n) is 12.4. The average molecular weight is 300 g/mol. The predicted molar refractivity (Wildman–Crippen MR) is 81.2 cm³/mol. The van der Waals surface area contributed by atoms with Crippen LogP contribution in [0, 0.1) is 5.92 Å². The van der Waals surface area contributed by atoms with E-state index in [4.69, 9.17) is 0 Å². The van der Waals surface area contributed by atoms with E-state index in [0.29, 0.717) is 18.8 Å². The highest BCUT2D eigenvalue weighted by atomic mass is 16.3. The molecule has 6 heteroatoms. The van der Waals surface area contributed by atoms with E-state index in [9.17, 15) is 9.90 Å². The first-order valence-electron chi connectivity index (χ1n) is 7.62. The van der Waals surface area contributed by atoms with Crippen LogP contribution in [-0.4, -0.2) is 38.7 Å². The van der Waals surface area contributed by atoms with Crippen molar-refractivity contribution >= 4 is 5.91 Å². The van der Waals surface area contributed by atoms with E-state index in [1.807, 2.05) is 30.3 Å². The van der Waals surface area contributed by atoms with Crippen molar-refractivity contribution in [2.24, 2.45) is 5.92 Å². The number of carbonyl (C=O) groups excluding carboxylic acids is 1. The second-order valence-corrected chi connectivity index (χ2v) is 5.76. The van der Waals surface area contributed by atoms with Crippen LogP contribution in [-0.2, 0) is 6.54 Å². The van der Waals surface area contributed by atoms with Crippen LogP contribution in [0.25, 0.3) is 0 Å². The zero-order chi connectivity index (χ0) is 15.4. The molecule has 0 bridgehead atoms. The summed E-state index contributed by atoms with van der Waals surface area (Å²) in [5.41, 5.74) is 1.41. The average Bonchev–Trinajstić information content (AvgIpc) is 3.15. The van der Waals surface area contributed by atoms with Crippen molar-refractivity contribution < 1.29 is 9.90 Å². The van der Waals surface area contributed by atoms with Crippen molar-refractivity contribution in [1.29, 1.82) is 0 Å². The largest absolute Gasteiger partial charge is 0.393 e. The molecule has 2 atom stereocenters. The number of amides is 1. The quantitative estimate of drug-likeness (QED) is 0.870. The molecule has 0 radical (unpaired) electrons. The Kier molecular flexibility index (Phi) is 4.48. The summed E-state index contributed by atoms with van der Waals surface area (Å²) in [4.78, 5) is 12.1. The van der Waals surface area contributed by atoms with Gasteiger partial charge in [0.25, 0.3) is 5.91 Å². The number of hydrogen-bond acceptors (Lipinski definition) is 4. The Bertz CT molecular complexity index is 626. The zero-order valence-corrected chi connectivity index (χ0v) is 12.4. The van der Waals surface area contributed by atoms with Crippen molar-refractivity contribution in [1.82, 2.24) is 20.3 Å². The van der Waals surface area contributed by atoms with Gasteiger partial charge >= 0.3 is 0 Å². The summed E-state index contributed by atoms with van der Waals surface area (Å²) in [7, 11) is 0. The minimum Gasteiger partial charge on any atom is -0.393 e. The Balaban J connectivity index is 1.55. The van der Waals surface area contributed by atoms with Gasteiger partial charge in [-0.05, 0) is 18.4 Å². The van der Waals surface area contributed by atoms with Crippen LogP contribution in [0.5, 0.6) is 0 Å². The molecule has 2 N–H and O–H groups in total. The molecule has 1 saturated carbocycles. The molecule has 0 unspecified atom stereocenters. The molecule has 2 aromatic rings. The van der Waals surface area contributed by atoms with Crippen LogP contribution < -0.4 is 5.32 Å². The van der Waals surface area contributed by atoms with Gasteiger partial charge in [-0.3, -0.25) is 4.79 Å². The highest BCUT2D eigenvalue weighted by Crippen LogP contribution is 2.24. The number of aliphatic hydroxyl groups excluding tert-OH is 1. The summed E-state index contributed by atoms with van der Waals surface area (Å²) in [5.74, 6) is -0.0817. The molecule has 1 aliphatic carbocycles. The second kappa shape index (κ2) is 6.70. The van der Waals surface area contributed by atoms with Gasteiger partial charge in [-0.2, -0.15) is 0 Å². The van der Waals surface area contributed by atoms with Crippen molar-refractivity contribution in [3.05, 3.63) is 47.8 Å². The third-order valence-corrected chi connectivity index (χ3v) is 4.10. The molecule has 22 heavy (non-hydrogen) atoms. The SMILES string of the molecule is O=C(NC[C@H]1CCC[C@H]1O)c1cn(Cc2ccccc2)nn1.